The number of hydrogen-bond donors (Lipinski definition) is 1. The fraction of sp³-hybridized carbons (Fsp3) is 1.00. The molecule has 0 spiro atoms. The van der Waals surface area contributed by atoms with Gasteiger partial charge in [-0.25, -0.2) is 0 Å². The lowest BCUT2D eigenvalue weighted by molar-refractivity contribution is 0.0394. The molecular weight excluding hydrogens is 196 g/mol. The lowest BCUT2D eigenvalue weighted by atomic mass is 9.75. The Morgan fingerprint density at radius 3 is 2.31 bits per heavy atom. The summed E-state index contributed by atoms with van der Waals surface area (Å²) < 4.78 is 0. The monoisotopic (exact) mass is 224 g/mol. The van der Waals surface area contributed by atoms with Crippen molar-refractivity contribution in [3.63, 3.8) is 0 Å². The lowest BCUT2D eigenvalue weighted by Gasteiger charge is -2.46. The maximum Gasteiger partial charge on any atom is 0.0246 e. The number of nitrogens with zero attached hydrogens (tertiary/aromatic N) is 1. The minimum absolute atomic E-state index is 0.606. The van der Waals surface area contributed by atoms with E-state index in [0.29, 0.717) is 11.5 Å². The second-order valence-corrected chi connectivity index (χ2v) is 6.19. The third kappa shape index (κ3) is 2.43. The Morgan fingerprint density at radius 2 is 1.94 bits per heavy atom. The van der Waals surface area contributed by atoms with Crippen LogP contribution in [0.2, 0.25) is 0 Å². The average molecular weight is 224 g/mol. The van der Waals surface area contributed by atoms with Gasteiger partial charge in [-0.3, -0.25) is 4.90 Å². The molecule has 1 aliphatic heterocycles. The van der Waals surface area contributed by atoms with E-state index in [1.54, 1.807) is 0 Å². The Hall–Kier alpha value is -0.0800. The summed E-state index contributed by atoms with van der Waals surface area (Å²) in [6, 6.07) is 0.690. The van der Waals surface area contributed by atoms with Gasteiger partial charge in [0.05, 0.1) is 0 Å². The van der Waals surface area contributed by atoms with Crippen LogP contribution in [0.5, 0.6) is 0 Å². The van der Waals surface area contributed by atoms with Crippen molar-refractivity contribution in [2.45, 2.75) is 58.4 Å². The zero-order chi connectivity index (χ0) is 11.6. The number of hydrogen-bond acceptors (Lipinski definition) is 2. The van der Waals surface area contributed by atoms with Crippen LogP contribution < -0.4 is 5.73 Å². The van der Waals surface area contributed by atoms with Gasteiger partial charge in [0.15, 0.2) is 0 Å². The van der Waals surface area contributed by atoms with E-state index in [2.05, 4.69) is 18.7 Å². The van der Waals surface area contributed by atoms with E-state index in [4.69, 9.17) is 5.73 Å². The lowest BCUT2D eigenvalue weighted by Crippen LogP contribution is -2.52. The predicted octanol–water partition coefficient (Wildman–Crippen LogP) is 2.63. The highest BCUT2D eigenvalue weighted by molar-refractivity contribution is 4.90. The van der Waals surface area contributed by atoms with Gasteiger partial charge in [-0.05, 0) is 50.1 Å². The Kier molecular flexibility index (Phi) is 3.91. The number of piperidine rings is 1. The Morgan fingerprint density at radius 1 is 1.31 bits per heavy atom. The molecule has 1 heterocycles. The predicted molar refractivity (Wildman–Crippen MR) is 69.4 cm³/mol. The van der Waals surface area contributed by atoms with E-state index in [1.165, 1.54) is 51.6 Å². The maximum absolute atomic E-state index is 5.97. The molecule has 2 rings (SSSR count). The SMILES string of the molecule is CCC1(C)CCN(C(CN)C2CCC2)CC1. The molecule has 2 N–H and O–H groups in total. The summed E-state index contributed by atoms with van der Waals surface area (Å²) in [6.07, 6.45) is 8.34. The van der Waals surface area contributed by atoms with Crippen molar-refractivity contribution in [1.29, 1.82) is 0 Å². The van der Waals surface area contributed by atoms with E-state index in [9.17, 15) is 0 Å². The zero-order valence-corrected chi connectivity index (χ0v) is 11.0. The maximum atomic E-state index is 5.97. The van der Waals surface area contributed by atoms with Crippen LogP contribution in [0.25, 0.3) is 0 Å². The Bertz CT molecular complexity index is 215. The van der Waals surface area contributed by atoms with Gasteiger partial charge in [-0.1, -0.05) is 26.7 Å². The largest absolute Gasteiger partial charge is 0.329 e. The van der Waals surface area contributed by atoms with E-state index in [1.807, 2.05) is 0 Å². The van der Waals surface area contributed by atoms with Crippen LogP contribution in [0.3, 0.4) is 0 Å². The summed E-state index contributed by atoms with van der Waals surface area (Å²) in [5, 5.41) is 0. The van der Waals surface area contributed by atoms with Crippen LogP contribution in [0.4, 0.5) is 0 Å². The first-order valence-corrected chi connectivity index (χ1v) is 7.12. The summed E-state index contributed by atoms with van der Waals surface area (Å²) in [5.74, 6) is 0.913. The normalized spacial score (nSPS) is 28.7. The number of likely N-dealkylation sites (tertiary alicyclic amines) is 1. The molecule has 1 atom stereocenters. The van der Waals surface area contributed by atoms with Crippen molar-refractivity contribution in [2.24, 2.45) is 17.1 Å². The first kappa shape index (κ1) is 12.4. The minimum Gasteiger partial charge on any atom is -0.329 e. The molecule has 2 aliphatic rings. The molecule has 0 amide bonds. The molecule has 0 radical (unpaired) electrons. The minimum atomic E-state index is 0.606. The summed E-state index contributed by atoms with van der Waals surface area (Å²) in [7, 11) is 0. The quantitative estimate of drug-likeness (QED) is 0.795. The summed E-state index contributed by atoms with van der Waals surface area (Å²) in [4.78, 5) is 2.68. The third-order valence-corrected chi connectivity index (χ3v) is 5.26. The Balaban J connectivity index is 1.86. The molecule has 2 nitrogen and oxygen atoms in total. The number of nitrogens with two attached hydrogens (primary N) is 1. The first-order chi connectivity index (χ1) is 7.68. The fourth-order valence-electron chi connectivity index (χ4n) is 3.21. The first-order valence-electron chi connectivity index (χ1n) is 7.12. The molecule has 2 heteroatoms. The standard InChI is InChI=1S/C14H28N2/c1-3-14(2)7-9-16(10-8-14)13(11-15)12-5-4-6-12/h12-13H,3-11,15H2,1-2H3. The molecular formula is C14H28N2. The van der Waals surface area contributed by atoms with Gasteiger partial charge in [-0.15, -0.1) is 0 Å². The van der Waals surface area contributed by atoms with Crippen LogP contribution in [0.1, 0.15) is 52.4 Å². The highest BCUT2D eigenvalue weighted by Gasteiger charge is 2.35. The van der Waals surface area contributed by atoms with E-state index >= 15 is 0 Å². The van der Waals surface area contributed by atoms with Gasteiger partial charge >= 0.3 is 0 Å². The molecule has 16 heavy (non-hydrogen) atoms. The molecule has 1 aliphatic carbocycles. The van der Waals surface area contributed by atoms with E-state index < -0.39 is 0 Å². The van der Waals surface area contributed by atoms with Crippen molar-refractivity contribution < 1.29 is 0 Å². The second-order valence-electron chi connectivity index (χ2n) is 6.19. The molecule has 1 saturated carbocycles. The van der Waals surface area contributed by atoms with Crippen molar-refractivity contribution in [3.8, 4) is 0 Å². The average Bonchev–Trinajstić information content (AvgIpc) is 2.25. The molecule has 0 bridgehead atoms. The van der Waals surface area contributed by atoms with Crippen molar-refractivity contribution in [1.82, 2.24) is 4.90 Å². The van der Waals surface area contributed by atoms with Crippen molar-refractivity contribution in [3.05, 3.63) is 0 Å². The van der Waals surface area contributed by atoms with Crippen molar-refractivity contribution in [2.75, 3.05) is 19.6 Å². The highest BCUT2D eigenvalue weighted by atomic mass is 15.2. The molecule has 2 fully saturated rings. The molecule has 94 valence electrons. The van der Waals surface area contributed by atoms with E-state index in [0.717, 1.165) is 12.5 Å². The van der Waals surface area contributed by atoms with Gasteiger partial charge in [0, 0.05) is 12.6 Å². The van der Waals surface area contributed by atoms with Gasteiger partial charge in [0.25, 0.3) is 0 Å². The van der Waals surface area contributed by atoms with Crippen molar-refractivity contribution >= 4 is 0 Å². The topological polar surface area (TPSA) is 29.3 Å². The summed E-state index contributed by atoms with van der Waals surface area (Å²) >= 11 is 0. The van der Waals surface area contributed by atoms with Gasteiger partial charge in [-0.2, -0.15) is 0 Å². The van der Waals surface area contributed by atoms with Crippen LogP contribution in [-0.2, 0) is 0 Å². The second kappa shape index (κ2) is 5.05. The van der Waals surface area contributed by atoms with E-state index in [-0.39, 0.29) is 0 Å². The number of rotatable bonds is 4. The van der Waals surface area contributed by atoms with Crippen LogP contribution in [0.15, 0.2) is 0 Å². The third-order valence-electron chi connectivity index (χ3n) is 5.26. The zero-order valence-electron chi connectivity index (χ0n) is 11.0. The van der Waals surface area contributed by atoms with Gasteiger partial charge in [0.1, 0.15) is 0 Å². The molecule has 0 aromatic carbocycles. The van der Waals surface area contributed by atoms with Gasteiger partial charge < -0.3 is 5.73 Å². The highest BCUT2D eigenvalue weighted by Crippen LogP contribution is 2.38. The van der Waals surface area contributed by atoms with Gasteiger partial charge in [0.2, 0.25) is 0 Å². The van der Waals surface area contributed by atoms with Crippen LogP contribution in [0, 0.1) is 11.3 Å². The van der Waals surface area contributed by atoms with Crippen LogP contribution in [-0.4, -0.2) is 30.6 Å². The van der Waals surface area contributed by atoms with Crippen LogP contribution >= 0.6 is 0 Å². The summed E-state index contributed by atoms with van der Waals surface area (Å²) in [6.45, 7) is 8.21. The summed E-state index contributed by atoms with van der Waals surface area (Å²) in [5.41, 5.74) is 6.58. The smallest absolute Gasteiger partial charge is 0.0246 e. The Labute approximate surface area is 101 Å². The molecule has 0 aromatic rings. The molecule has 1 saturated heterocycles. The molecule has 1 unspecified atom stereocenters. The molecule has 0 aromatic heterocycles. The fourth-order valence-corrected chi connectivity index (χ4v) is 3.21.